The SMILES string of the molecule is C1=Cc2c(n(-c3ccc(-c4c5ccccc5c(-c5ccc(N(c6ccccc6)c6ccc7ccccc7c6)cc5)c5ccccc45)cc3)c3ccccc23)CC1. The third kappa shape index (κ3) is 5.26. The Labute approximate surface area is 326 Å². The molecule has 1 aliphatic rings. The van der Waals surface area contributed by atoms with Gasteiger partial charge in [-0.25, -0.2) is 0 Å². The zero-order valence-corrected chi connectivity index (χ0v) is 30.9. The highest BCUT2D eigenvalue weighted by Gasteiger charge is 2.20. The summed E-state index contributed by atoms with van der Waals surface area (Å²) in [5.41, 5.74) is 13.6. The number of allylic oxidation sites excluding steroid dienone is 1. The molecule has 1 aromatic heterocycles. The zero-order valence-electron chi connectivity index (χ0n) is 30.9. The number of hydrogen-bond acceptors (Lipinski definition) is 1. The molecule has 0 unspecified atom stereocenters. The lowest BCUT2D eigenvalue weighted by molar-refractivity contribution is 0.888. The van der Waals surface area contributed by atoms with Crippen LogP contribution in [0.3, 0.4) is 0 Å². The molecule has 0 bridgehead atoms. The van der Waals surface area contributed by atoms with E-state index in [1.807, 2.05) is 0 Å². The lowest BCUT2D eigenvalue weighted by atomic mass is 9.86. The van der Waals surface area contributed by atoms with Crippen LogP contribution in [0.5, 0.6) is 0 Å². The highest BCUT2D eigenvalue weighted by molar-refractivity contribution is 6.21. The van der Waals surface area contributed by atoms with E-state index in [1.165, 1.54) is 82.4 Å². The van der Waals surface area contributed by atoms with Crippen LogP contribution < -0.4 is 4.90 Å². The summed E-state index contributed by atoms with van der Waals surface area (Å²) in [6.45, 7) is 0. The predicted octanol–water partition coefficient (Wildman–Crippen LogP) is 14.9. The Bertz CT molecular complexity index is 3060. The number of benzene rings is 9. The van der Waals surface area contributed by atoms with E-state index >= 15 is 0 Å². The maximum absolute atomic E-state index is 2.47. The summed E-state index contributed by atoms with van der Waals surface area (Å²) < 4.78 is 2.47. The van der Waals surface area contributed by atoms with Crippen LogP contribution in [0.4, 0.5) is 17.1 Å². The first-order valence-corrected chi connectivity index (χ1v) is 19.6. The molecule has 0 amide bonds. The van der Waals surface area contributed by atoms with E-state index < -0.39 is 0 Å². The van der Waals surface area contributed by atoms with Crippen molar-refractivity contribution in [3.63, 3.8) is 0 Å². The van der Waals surface area contributed by atoms with Crippen molar-refractivity contribution >= 4 is 66.4 Å². The van der Waals surface area contributed by atoms with Gasteiger partial charge in [-0.2, -0.15) is 0 Å². The highest BCUT2D eigenvalue weighted by atomic mass is 15.1. The lowest BCUT2D eigenvalue weighted by Gasteiger charge is -2.26. The van der Waals surface area contributed by atoms with Crippen LogP contribution in [0.15, 0.2) is 200 Å². The molecular formula is C54H38N2. The zero-order chi connectivity index (χ0) is 37.0. The fraction of sp³-hybridized carbons (Fsp3) is 0.0370. The van der Waals surface area contributed by atoms with Crippen LogP contribution in [0.25, 0.3) is 77.2 Å². The van der Waals surface area contributed by atoms with Crippen LogP contribution in [0, 0.1) is 0 Å². The summed E-state index contributed by atoms with van der Waals surface area (Å²) in [6, 6.07) is 71.0. The highest BCUT2D eigenvalue weighted by Crippen LogP contribution is 2.45. The molecule has 0 aliphatic heterocycles. The van der Waals surface area contributed by atoms with Crippen molar-refractivity contribution in [2.45, 2.75) is 12.8 Å². The third-order valence-electron chi connectivity index (χ3n) is 11.6. The van der Waals surface area contributed by atoms with E-state index in [0.29, 0.717) is 0 Å². The largest absolute Gasteiger partial charge is 0.313 e. The lowest BCUT2D eigenvalue weighted by Crippen LogP contribution is -2.09. The maximum atomic E-state index is 2.47. The second kappa shape index (κ2) is 13.3. The average Bonchev–Trinajstić information content (AvgIpc) is 3.61. The number of fused-ring (bicyclic) bond motifs is 6. The van der Waals surface area contributed by atoms with Gasteiger partial charge in [0.1, 0.15) is 0 Å². The topological polar surface area (TPSA) is 8.17 Å². The van der Waals surface area contributed by atoms with Crippen LogP contribution in [-0.2, 0) is 6.42 Å². The summed E-state index contributed by atoms with van der Waals surface area (Å²) >= 11 is 0. The number of rotatable bonds is 6. The smallest absolute Gasteiger partial charge is 0.0537 e. The molecule has 0 saturated carbocycles. The molecular weight excluding hydrogens is 677 g/mol. The van der Waals surface area contributed by atoms with Gasteiger partial charge in [-0.05, 0) is 122 Å². The first kappa shape index (κ1) is 32.3. The van der Waals surface area contributed by atoms with E-state index in [2.05, 4.69) is 216 Å². The van der Waals surface area contributed by atoms with Gasteiger partial charge in [-0.15, -0.1) is 0 Å². The van der Waals surface area contributed by atoms with Gasteiger partial charge in [-0.1, -0.05) is 152 Å². The van der Waals surface area contributed by atoms with Crippen molar-refractivity contribution in [3.8, 4) is 27.9 Å². The molecule has 2 heteroatoms. The normalized spacial score (nSPS) is 12.4. The Balaban J connectivity index is 1.03. The summed E-state index contributed by atoms with van der Waals surface area (Å²) in [4.78, 5) is 2.35. The van der Waals surface area contributed by atoms with Crippen LogP contribution in [0.2, 0.25) is 0 Å². The van der Waals surface area contributed by atoms with Crippen LogP contribution in [-0.4, -0.2) is 4.57 Å². The van der Waals surface area contributed by atoms with Gasteiger partial charge >= 0.3 is 0 Å². The summed E-state index contributed by atoms with van der Waals surface area (Å²) in [6.07, 6.45) is 6.74. The van der Waals surface area contributed by atoms with Crippen molar-refractivity contribution in [3.05, 3.63) is 211 Å². The first-order chi connectivity index (χ1) is 27.8. The molecule has 2 nitrogen and oxygen atoms in total. The Kier molecular flexibility index (Phi) is 7.67. The molecule has 0 fully saturated rings. The summed E-state index contributed by atoms with van der Waals surface area (Å²) in [5, 5.41) is 8.82. The van der Waals surface area contributed by atoms with Gasteiger partial charge < -0.3 is 9.47 Å². The van der Waals surface area contributed by atoms with Crippen molar-refractivity contribution < 1.29 is 0 Å². The molecule has 56 heavy (non-hydrogen) atoms. The fourth-order valence-electron chi connectivity index (χ4n) is 9.11. The molecule has 0 radical (unpaired) electrons. The van der Waals surface area contributed by atoms with Crippen molar-refractivity contribution in [1.82, 2.24) is 4.57 Å². The first-order valence-electron chi connectivity index (χ1n) is 19.6. The minimum absolute atomic E-state index is 1.05. The van der Waals surface area contributed by atoms with Gasteiger partial charge in [-0.3, -0.25) is 0 Å². The molecule has 9 aromatic carbocycles. The van der Waals surface area contributed by atoms with Crippen LogP contribution in [0.1, 0.15) is 17.7 Å². The Morgan fingerprint density at radius 3 is 1.59 bits per heavy atom. The fourth-order valence-corrected chi connectivity index (χ4v) is 9.11. The van der Waals surface area contributed by atoms with E-state index in [4.69, 9.17) is 0 Å². The van der Waals surface area contributed by atoms with E-state index in [1.54, 1.807) is 0 Å². The Morgan fingerprint density at radius 1 is 0.411 bits per heavy atom. The molecule has 1 aliphatic carbocycles. The predicted molar refractivity (Wildman–Crippen MR) is 239 cm³/mol. The molecule has 0 atom stereocenters. The van der Waals surface area contributed by atoms with E-state index in [9.17, 15) is 0 Å². The minimum Gasteiger partial charge on any atom is -0.313 e. The number of hydrogen-bond donors (Lipinski definition) is 0. The Morgan fingerprint density at radius 2 is 0.929 bits per heavy atom. The summed E-state index contributed by atoms with van der Waals surface area (Å²) in [7, 11) is 0. The molecule has 1 heterocycles. The quantitative estimate of drug-likeness (QED) is 0.156. The molecule has 0 saturated heterocycles. The molecule has 10 aromatic rings. The number of anilines is 3. The number of aromatic nitrogens is 1. The van der Waals surface area contributed by atoms with Gasteiger partial charge in [0.05, 0.1) is 5.52 Å². The minimum atomic E-state index is 1.05. The monoisotopic (exact) mass is 714 g/mol. The van der Waals surface area contributed by atoms with Gasteiger partial charge in [0.25, 0.3) is 0 Å². The van der Waals surface area contributed by atoms with E-state index in [-0.39, 0.29) is 0 Å². The third-order valence-corrected chi connectivity index (χ3v) is 11.6. The average molecular weight is 715 g/mol. The second-order valence-electron chi connectivity index (χ2n) is 14.8. The van der Waals surface area contributed by atoms with Gasteiger partial charge in [0.2, 0.25) is 0 Å². The number of para-hydroxylation sites is 2. The van der Waals surface area contributed by atoms with Crippen LogP contribution >= 0.6 is 0 Å². The maximum Gasteiger partial charge on any atom is 0.0537 e. The molecule has 264 valence electrons. The van der Waals surface area contributed by atoms with Crippen molar-refractivity contribution in [2.75, 3.05) is 4.90 Å². The molecule has 0 N–H and O–H groups in total. The van der Waals surface area contributed by atoms with Gasteiger partial charge in [0.15, 0.2) is 0 Å². The molecule has 11 rings (SSSR count). The summed E-state index contributed by atoms with van der Waals surface area (Å²) in [5.74, 6) is 0. The van der Waals surface area contributed by atoms with Gasteiger partial charge in [0, 0.05) is 39.4 Å². The number of nitrogens with zero attached hydrogens (tertiary/aromatic N) is 2. The Hall–Kier alpha value is -7.16. The van der Waals surface area contributed by atoms with E-state index in [0.717, 1.165) is 29.9 Å². The van der Waals surface area contributed by atoms with Crippen molar-refractivity contribution in [2.24, 2.45) is 0 Å². The standard InChI is InChI=1S/C54H38N2/c1-2-16-41(17-3-1)55(44-35-26-37-14-4-5-15-40(37)36-44)42-31-27-38(28-32-42)53-47-20-6-8-22-49(47)54(50-23-9-7-21-48(50)53)39-29-33-43(34-30-39)56-51-24-12-10-18-45(51)46-19-11-13-25-52(46)56/h1-12,14-24,26-36H,13,25H2. The molecule has 0 spiro atoms. The second-order valence-corrected chi connectivity index (χ2v) is 14.8. The van der Waals surface area contributed by atoms with Crippen molar-refractivity contribution in [1.29, 1.82) is 0 Å².